The maximum atomic E-state index is 11.9. The van der Waals surface area contributed by atoms with Crippen LogP contribution in [0.15, 0.2) is 0 Å². The van der Waals surface area contributed by atoms with E-state index in [1.165, 1.54) is 0 Å². The Bertz CT molecular complexity index is 247. The second-order valence-electron chi connectivity index (χ2n) is 3.26. The third-order valence-corrected chi connectivity index (χ3v) is 3.30. The molecule has 78 valence electrons. The maximum Gasteiger partial charge on any atom is 0.350 e. The molecule has 1 saturated carbocycles. The first-order valence-electron chi connectivity index (χ1n) is 4.31. The first-order chi connectivity index (χ1) is 6.02. The van der Waals surface area contributed by atoms with Crippen molar-refractivity contribution in [2.45, 2.75) is 43.9 Å². The van der Waals surface area contributed by atoms with Crippen molar-refractivity contribution in [2.75, 3.05) is 0 Å². The van der Waals surface area contributed by atoms with Crippen molar-refractivity contribution in [1.29, 1.82) is 0 Å². The molecule has 1 aliphatic rings. The van der Waals surface area contributed by atoms with Crippen LogP contribution in [0.1, 0.15) is 32.1 Å². The summed E-state index contributed by atoms with van der Waals surface area (Å²) >= 11 is 0. The van der Waals surface area contributed by atoms with Gasteiger partial charge in [0.1, 0.15) is 0 Å². The van der Waals surface area contributed by atoms with Crippen LogP contribution in [0, 0.1) is 0 Å². The highest BCUT2D eigenvalue weighted by Crippen LogP contribution is 2.19. The summed E-state index contributed by atoms with van der Waals surface area (Å²) in [7, 11) is -4.38. The topological polar surface area (TPSA) is 46.2 Å². The molecule has 0 radical (unpaired) electrons. The predicted molar refractivity (Wildman–Crippen MR) is 44.9 cm³/mol. The largest absolute Gasteiger partial charge is 0.350 e. The van der Waals surface area contributed by atoms with Crippen LogP contribution in [0.4, 0.5) is 8.78 Å². The van der Waals surface area contributed by atoms with E-state index in [4.69, 9.17) is 0 Å². The summed E-state index contributed by atoms with van der Waals surface area (Å²) in [4.78, 5) is 0. The number of sulfonamides is 1. The Hall–Kier alpha value is -0.230. The first kappa shape index (κ1) is 10.8. The molecule has 0 amide bonds. The van der Waals surface area contributed by atoms with Gasteiger partial charge < -0.3 is 0 Å². The monoisotopic (exact) mass is 213 g/mol. The minimum absolute atomic E-state index is 0.284. The Balaban J connectivity index is 2.47. The Kier molecular flexibility index (Phi) is 3.61. The van der Waals surface area contributed by atoms with Gasteiger partial charge in [0, 0.05) is 6.04 Å². The molecule has 0 aromatic carbocycles. The zero-order valence-corrected chi connectivity index (χ0v) is 7.99. The van der Waals surface area contributed by atoms with Gasteiger partial charge in [0.2, 0.25) is 0 Å². The van der Waals surface area contributed by atoms with Crippen molar-refractivity contribution in [2.24, 2.45) is 0 Å². The minimum atomic E-state index is -4.38. The molecule has 0 unspecified atom stereocenters. The van der Waals surface area contributed by atoms with Crippen molar-refractivity contribution >= 4 is 10.0 Å². The van der Waals surface area contributed by atoms with Gasteiger partial charge in [-0.2, -0.15) is 8.78 Å². The van der Waals surface area contributed by atoms with Crippen molar-refractivity contribution in [1.82, 2.24) is 4.72 Å². The Morgan fingerprint density at radius 3 is 2.15 bits per heavy atom. The van der Waals surface area contributed by atoms with Crippen molar-refractivity contribution in [3.8, 4) is 0 Å². The van der Waals surface area contributed by atoms with Crippen LogP contribution in [0.25, 0.3) is 0 Å². The fraction of sp³-hybridized carbons (Fsp3) is 1.00. The van der Waals surface area contributed by atoms with Crippen LogP contribution in [-0.2, 0) is 10.0 Å². The summed E-state index contributed by atoms with van der Waals surface area (Å²) < 4.78 is 47.3. The van der Waals surface area contributed by atoms with E-state index in [-0.39, 0.29) is 6.04 Å². The second-order valence-corrected chi connectivity index (χ2v) is 4.94. The van der Waals surface area contributed by atoms with Gasteiger partial charge in [-0.15, -0.1) is 0 Å². The van der Waals surface area contributed by atoms with Gasteiger partial charge in [-0.3, -0.25) is 0 Å². The van der Waals surface area contributed by atoms with Gasteiger partial charge in [0.25, 0.3) is 10.0 Å². The zero-order chi connectivity index (χ0) is 9.90. The van der Waals surface area contributed by atoms with Crippen LogP contribution in [0.2, 0.25) is 0 Å². The molecule has 0 aromatic rings. The van der Waals surface area contributed by atoms with Crippen LogP contribution in [0.5, 0.6) is 0 Å². The summed E-state index contributed by atoms with van der Waals surface area (Å²) in [5, 5.41) is 0. The number of hydrogen-bond donors (Lipinski definition) is 1. The standard InChI is InChI=1S/C7H13F2NO2S/c8-7(9)13(11,12)10-6-4-2-1-3-5-6/h6-7,10H,1-5H2. The van der Waals surface area contributed by atoms with Gasteiger partial charge in [0.15, 0.2) is 0 Å². The second kappa shape index (κ2) is 4.32. The van der Waals surface area contributed by atoms with Crippen LogP contribution in [0.3, 0.4) is 0 Å². The molecule has 0 spiro atoms. The fourth-order valence-corrected chi connectivity index (χ4v) is 2.31. The van der Waals surface area contributed by atoms with Crippen LogP contribution in [-0.4, -0.2) is 20.2 Å². The van der Waals surface area contributed by atoms with Crippen molar-refractivity contribution in [3.63, 3.8) is 0 Å². The van der Waals surface area contributed by atoms with Gasteiger partial charge in [-0.1, -0.05) is 19.3 Å². The van der Waals surface area contributed by atoms with Crippen LogP contribution >= 0.6 is 0 Å². The molecule has 3 nitrogen and oxygen atoms in total. The number of rotatable bonds is 3. The molecule has 0 saturated heterocycles. The molecule has 1 rings (SSSR count). The van der Waals surface area contributed by atoms with Gasteiger partial charge in [-0.05, 0) is 12.8 Å². The highest BCUT2D eigenvalue weighted by Gasteiger charge is 2.27. The van der Waals surface area contributed by atoms with E-state index >= 15 is 0 Å². The summed E-state index contributed by atoms with van der Waals surface area (Å²) in [6.45, 7) is 0. The molecule has 0 bridgehead atoms. The molecule has 13 heavy (non-hydrogen) atoms. The quantitative estimate of drug-likeness (QED) is 0.771. The highest BCUT2D eigenvalue weighted by atomic mass is 32.2. The average Bonchev–Trinajstić information content (AvgIpc) is 2.05. The number of nitrogens with one attached hydrogen (secondary N) is 1. The molecule has 0 heterocycles. The molecule has 6 heteroatoms. The Labute approximate surface area is 76.6 Å². The number of alkyl halides is 2. The zero-order valence-electron chi connectivity index (χ0n) is 7.17. The summed E-state index contributed by atoms with van der Waals surface area (Å²) in [6.07, 6.45) is 4.23. The predicted octanol–water partition coefficient (Wildman–Crippen LogP) is 1.46. The third kappa shape index (κ3) is 3.19. The van der Waals surface area contributed by atoms with E-state index in [9.17, 15) is 17.2 Å². The molecule has 1 N–H and O–H groups in total. The SMILES string of the molecule is O=S(=O)(NC1CCCCC1)C(F)F. The molecular formula is C7H13F2NO2S. The number of hydrogen-bond acceptors (Lipinski definition) is 2. The van der Waals surface area contributed by atoms with E-state index in [2.05, 4.69) is 0 Å². The van der Waals surface area contributed by atoms with E-state index < -0.39 is 15.8 Å². The van der Waals surface area contributed by atoms with E-state index in [0.717, 1.165) is 19.3 Å². The normalized spacial score (nSPS) is 20.8. The van der Waals surface area contributed by atoms with Crippen molar-refractivity contribution in [3.05, 3.63) is 0 Å². The van der Waals surface area contributed by atoms with E-state index in [1.807, 2.05) is 4.72 Å². The smallest absolute Gasteiger partial charge is 0.207 e. The van der Waals surface area contributed by atoms with E-state index in [1.54, 1.807) is 0 Å². The van der Waals surface area contributed by atoms with E-state index in [0.29, 0.717) is 12.8 Å². The third-order valence-electron chi connectivity index (χ3n) is 2.17. The Morgan fingerprint density at radius 1 is 1.15 bits per heavy atom. The molecule has 1 aliphatic carbocycles. The van der Waals surface area contributed by atoms with Crippen molar-refractivity contribution < 1.29 is 17.2 Å². The number of halogens is 2. The van der Waals surface area contributed by atoms with Crippen LogP contribution < -0.4 is 4.72 Å². The van der Waals surface area contributed by atoms with Gasteiger partial charge >= 0.3 is 5.76 Å². The molecular weight excluding hydrogens is 200 g/mol. The first-order valence-corrected chi connectivity index (χ1v) is 5.86. The highest BCUT2D eigenvalue weighted by molar-refractivity contribution is 7.89. The lowest BCUT2D eigenvalue weighted by Gasteiger charge is -2.22. The lowest BCUT2D eigenvalue weighted by Crippen LogP contribution is -2.39. The summed E-state index contributed by atoms with van der Waals surface area (Å²) in [5.41, 5.74) is 0. The molecule has 0 aliphatic heterocycles. The summed E-state index contributed by atoms with van der Waals surface area (Å²) in [5.74, 6) is -3.31. The minimum Gasteiger partial charge on any atom is -0.207 e. The molecule has 0 aromatic heterocycles. The average molecular weight is 213 g/mol. The Morgan fingerprint density at radius 2 is 1.69 bits per heavy atom. The lowest BCUT2D eigenvalue weighted by molar-refractivity contribution is 0.230. The van der Waals surface area contributed by atoms with Gasteiger partial charge in [-0.25, -0.2) is 13.1 Å². The maximum absolute atomic E-state index is 11.9. The van der Waals surface area contributed by atoms with Gasteiger partial charge in [0.05, 0.1) is 0 Å². The molecule has 0 atom stereocenters. The lowest BCUT2D eigenvalue weighted by atomic mass is 9.96. The fourth-order valence-electron chi connectivity index (χ4n) is 1.50. The molecule has 1 fully saturated rings. The summed E-state index contributed by atoms with van der Waals surface area (Å²) in [6, 6.07) is -0.284.